The summed E-state index contributed by atoms with van der Waals surface area (Å²) in [6, 6.07) is 5.66. The number of nitrogens with one attached hydrogen (secondary N) is 1. The number of rotatable bonds is 6. The Labute approximate surface area is 150 Å². The second-order valence-corrected chi connectivity index (χ2v) is 8.31. The van der Waals surface area contributed by atoms with Crippen molar-refractivity contribution in [2.45, 2.75) is 25.7 Å². The predicted octanol–water partition coefficient (Wildman–Crippen LogP) is 2.67. The van der Waals surface area contributed by atoms with Gasteiger partial charge in [0, 0.05) is 5.56 Å². The Morgan fingerprint density at radius 1 is 1.20 bits per heavy atom. The lowest BCUT2D eigenvalue weighted by molar-refractivity contribution is 0.0531. The van der Waals surface area contributed by atoms with Crippen LogP contribution in [0.1, 0.15) is 39.6 Å². The van der Waals surface area contributed by atoms with E-state index in [1.54, 1.807) is 20.8 Å². The van der Waals surface area contributed by atoms with Gasteiger partial charge in [0.05, 0.1) is 22.9 Å². The molecule has 0 spiro atoms. The Bertz CT molecular complexity index is 886. The van der Waals surface area contributed by atoms with E-state index in [0.29, 0.717) is 16.1 Å². The van der Waals surface area contributed by atoms with Crippen molar-refractivity contribution in [3.63, 3.8) is 0 Å². The van der Waals surface area contributed by atoms with Crippen LogP contribution in [-0.4, -0.2) is 37.6 Å². The molecular weight excluding hydrogens is 364 g/mol. The average Bonchev–Trinajstić information content (AvgIpc) is 2.95. The van der Waals surface area contributed by atoms with Crippen LogP contribution >= 0.6 is 11.3 Å². The summed E-state index contributed by atoms with van der Waals surface area (Å²) < 4.78 is 28.5. The molecule has 1 aromatic carbocycles. The van der Waals surface area contributed by atoms with Gasteiger partial charge in [0.25, 0.3) is 5.91 Å². The van der Waals surface area contributed by atoms with Gasteiger partial charge in [0.1, 0.15) is 4.88 Å². The van der Waals surface area contributed by atoms with E-state index in [-0.39, 0.29) is 22.4 Å². The lowest BCUT2D eigenvalue weighted by Gasteiger charge is -2.04. The highest BCUT2D eigenvalue weighted by Crippen LogP contribution is 2.24. The first-order chi connectivity index (χ1) is 11.8. The number of sulfone groups is 1. The van der Waals surface area contributed by atoms with E-state index in [2.05, 4.69) is 10.3 Å². The molecule has 0 saturated carbocycles. The monoisotopic (exact) mass is 382 g/mol. The summed E-state index contributed by atoms with van der Waals surface area (Å²) in [5.74, 6) is -0.926. The van der Waals surface area contributed by atoms with E-state index in [1.165, 1.54) is 24.3 Å². The smallest absolute Gasteiger partial charge is 0.350 e. The number of aryl methyl sites for hydroxylation is 1. The van der Waals surface area contributed by atoms with E-state index in [0.717, 1.165) is 11.3 Å². The van der Waals surface area contributed by atoms with Gasteiger partial charge in [-0.15, -0.1) is 0 Å². The maximum atomic E-state index is 12.3. The highest BCUT2D eigenvalue weighted by atomic mass is 32.2. The number of amides is 1. The van der Waals surface area contributed by atoms with Gasteiger partial charge in [-0.3, -0.25) is 10.1 Å². The quantitative estimate of drug-likeness (QED) is 0.771. The molecule has 0 unspecified atom stereocenters. The third-order valence-electron chi connectivity index (χ3n) is 3.33. The largest absolute Gasteiger partial charge is 0.462 e. The molecule has 0 aliphatic rings. The number of hydrogen-bond acceptors (Lipinski definition) is 7. The number of carbonyl (C=O) groups excluding carboxylic acids is 2. The Kier molecular flexibility index (Phi) is 5.91. The molecule has 0 fully saturated rings. The molecule has 9 heteroatoms. The van der Waals surface area contributed by atoms with Crippen molar-refractivity contribution in [3.05, 3.63) is 40.4 Å². The van der Waals surface area contributed by atoms with Crippen LogP contribution in [0.3, 0.4) is 0 Å². The first kappa shape index (κ1) is 19.1. The second kappa shape index (κ2) is 7.75. The summed E-state index contributed by atoms with van der Waals surface area (Å²) >= 11 is 1.03. The maximum Gasteiger partial charge on any atom is 0.350 e. The Hall–Kier alpha value is -2.26. The normalized spacial score (nSPS) is 11.2. The van der Waals surface area contributed by atoms with Crippen LogP contribution in [0.25, 0.3) is 0 Å². The van der Waals surface area contributed by atoms with E-state index < -0.39 is 21.7 Å². The van der Waals surface area contributed by atoms with Crippen molar-refractivity contribution in [3.8, 4) is 0 Å². The first-order valence-electron chi connectivity index (χ1n) is 7.57. The zero-order chi connectivity index (χ0) is 18.6. The number of hydrogen-bond donors (Lipinski definition) is 1. The van der Waals surface area contributed by atoms with E-state index in [9.17, 15) is 18.0 Å². The van der Waals surface area contributed by atoms with Gasteiger partial charge < -0.3 is 4.74 Å². The van der Waals surface area contributed by atoms with Crippen LogP contribution in [-0.2, 0) is 14.6 Å². The molecule has 0 saturated heterocycles. The fraction of sp³-hybridized carbons (Fsp3) is 0.312. The van der Waals surface area contributed by atoms with Crippen LogP contribution in [0.5, 0.6) is 0 Å². The number of anilines is 1. The summed E-state index contributed by atoms with van der Waals surface area (Å²) in [4.78, 5) is 28.7. The van der Waals surface area contributed by atoms with Crippen molar-refractivity contribution in [2.75, 3.05) is 17.7 Å². The van der Waals surface area contributed by atoms with Crippen molar-refractivity contribution < 1.29 is 22.7 Å². The molecular formula is C16H18N2O5S2. The first-order valence-corrected chi connectivity index (χ1v) is 10.0. The van der Waals surface area contributed by atoms with E-state index >= 15 is 0 Å². The molecule has 25 heavy (non-hydrogen) atoms. The molecule has 0 radical (unpaired) electrons. The summed E-state index contributed by atoms with van der Waals surface area (Å²) in [7, 11) is -3.31. The SMILES string of the molecule is CCOC(=O)c1sc(NC(=O)c2ccc(S(=O)(=O)CC)cc2)nc1C. The average molecular weight is 382 g/mol. The van der Waals surface area contributed by atoms with Crippen LogP contribution < -0.4 is 5.32 Å². The number of esters is 1. The van der Waals surface area contributed by atoms with E-state index in [4.69, 9.17) is 4.74 Å². The second-order valence-electron chi connectivity index (χ2n) is 5.04. The van der Waals surface area contributed by atoms with Crippen LogP contribution in [0.4, 0.5) is 5.13 Å². The number of nitrogens with zero attached hydrogens (tertiary/aromatic N) is 1. The number of thiazole rings is 1. The molecule has 2 aromatic rings. The van der Waals surface area contributed by atoms with Crippen molar-refractivity contribution >= 4 is 38.2 Å². The maximum absolute atomic E-state index is 12.3. The van der Waals surface area contributed by atoms with Gasteiger partial charge >= 0.3 is 5.97 Å². The van der Waals surface area contributed by atoms with Crippen LogP contribution in [0.2, 0.25) is 0 Å². The van der Waals surface area contributed by atoms with Crippen molar-refractivity contribution in [1.82, 2.24) is 4.98 Å². The fourth-order valence-corrected chi connectivity index (χ4v) is 3.72. The third-order valence-corrected chi connectivity index (χ3v) is 6.14. The molecule has 1 heterocycles. The van der Waals surface area contributed by atoms with Crippen LogP contribution in [0, 0.1) is 6.92 Å². The lowest BCUT2D eigenvalue weighted by atomic mass is 10.2. The summed E-state index contributed by atoms with van der Waals surface area (Å²) in [6.07, 6.45) is 0. The van der Waals surface area contributed by atoms with Crippen molar-refractivity contribution in [1.29, 1.82) is 0 Å². The van der Waals surface area contributed by atoms with Gasteiger partial charge in [0.2, 0.25) is 0 Å². The fourth-order valence-electron chi connectivity index (χ4n) is 1.99. The minimum atomic E-state index is -3.31. The zero-order valence-corrected chi connectivity index (χ0v) is 15.7. The molecule has 0 aliphatic carbocycles. The molecule has 0 bridgehead atoms. The topological polar surface area (TPSA) is 102 Å². The lowest BCUT2D eigenvalue weighted by Crippen LogP contribution is -2.12. The molecule has 7 nitrogen and oxygen atoms in total. The minimum Gasteiger partial charge on any atom is -0.462 e. The Morgan fingerprint density at radius 3 is 2.40 bits per heavy atom. The molecule has 134 valence electrons. The number of ether oxygens (including phenoxy) is 1. The Balaban J connectivity index is 2.15. The predicted molar refractivity (Wildman–Crippen MR) is 94.9 cm³/mol. The minimum absolute atomic E-state index is 0.00638. The summed E-state index contributed by atoms with van der Waals surface area (Å²) in [5.41, 5.74) is 0.767. The highest BCUT2D eigenvalue weighted by molar-refractivity contribution is 7.91. The molecule has 0 aliphatic heterocycles. The summed E-state index contributed by atoms with van der Waals surface area (Å²) in [6.45, 7) is 5.18. The summed E-state index contributed by atoms with van der Waals surface area (Å²) in [5, 5.41) is 2.87. The zero-order valence-electron chi connectivity index (χ0n) is 14.0. The van der Waals surface area contributed by atoms with Gasteiger partial charge in [-0.25, -0.2) is 18.2 Å². The van der Waals surface area contributed by atoms with Crippen molar-refractivity contribution in [2.24, 2.45) is 0 Å². The number of aromatic nitrogens is 1. The van der Waals surface area contributed by atoms with Gasteiger partial charge in [-0.05, 0) is 38.1 Å². The van der Waals surface area contributed by atoms with Gasteiger partial charge in [-0.1, -0.05) is 18.3 Å². The Morgan fingerprint density at radius 2 is 1.84 bits per heavy atom. The molecule has 1 N–H and O–H groups in total. The molecule has 2 rings (SSSR count). The van der Waals surface area contributed by atoms with E-state index in [1.807, 2.05) is 0 Å². The highest BCUT2D eigenvalue weighted by Gasteiger charge is 2.18. The standard InChI is InChI=1S/C16H18N2O5S2/c1-4-23-15(20)13-10(3)17-16(24-13)18-14(19)11-6-8-12(9-7-11)25(21,22)5-2/h6-9H,4-5H2,1-3H3,(H,17,18,19). The number of carbonyl (C=O) groups is 2. The molecule has 0 atom stereocenters. The van der Waals surface area contributed by atoms with Gasteiger partial charge in [-0.2, -0.15) is 0 Å². The van der Waals surface area contributed by atoms with Gasteiger partial charge in [0.15, 0.2) is 15.0 Å². The van der Waals surface area contributed by atoms with Crippen LogP contribution in [0.15, 0.2) is 29.2 Å². The number of benzene rings is 1. The molecule has 1 aromatic heterocycles. The molecule has 1 amide bonds. The third kappa shape index (κ3) is 4.43.